The fourth-order valence-electron chi connectivity index (χ4n) is 1.25. The average Bonchev–Trinajstić information content (AvgIpc) is 2.09. The molecule has 0 aliphatic carbocycles. The zero-order chi connectivity index (χ0) is 9.84. The van der Waals surface area contributed by atoms with Crippen molar-refractivity contribution >= 4 is 11.6 Å². The highest BCUT2D eigenvalue weighted by molar-refractivity contribution is 6.30. The number of nitrogens with zero attached hydrogens (tertiary/aromatic N) is 1. The summed E-state index contributed by atoms with van der Waals surface area (Å²) in [4.78, 5) is 1.98. The Morgan fingerprint density at radius 3 is 2.23 bits per heavy atom. The third kappa shape index (κ3) is 2.69. The van der Waals surface area contributed by atoms with Gasteiger partial charge in [0.2, 0.25) is 0 Å². The molecule has 0 heterocycles. The molecule has 0 saturated heterocycles. The number of aliphatic hydroxyl groups excluding tert-OH is 1. The maximum Gasteiger partial charge on any atom is 0.0628 e. The molecule has 0 unspecified atom stereocenters. The van der Waals surface area contributed by atoms with Crippen molar-refractivity contribution in [3.05, 3.63) is 34.9 Å². The lowest BCUT2D eigenvalue weighted by atomic mass is 10.1. The largest absolute Gasteiger partial charge is 0.394 e. The molecule has 0 amide bonds. The second-order valence-electron chi connectivity index (χ2n) is 3.21. The Balaban J connectivity index is 2.86. The first-order valence-corrected chi connectivity index (χ1v) is 4.55. The third-order valence-corrected chi connectivity index (χ3v) is 2.30. The lowest BCUT2D eigenvalue weighted by Crippen LogP contribution is -2.22. The highest BCUT2D eigenvalue weighted by Crippen LogP contribution is 2.19. The standard InChI is InChI=1S/C10H14ClNO/c1-12(2)10(7-13)8-3-5-9(11)6-4-8/h3-6,10,13H,7H2,1-2H3/t10-/m0/s1. The monoisotopic (exact) mass is 199 g/mol. The van der Waals surface area contributed by atoms with Gasteiger partial charge < -0.3 is 10.0 Å². The molecule has 0 aliphatic rings. The van der Waals surface area contributed by atoms with Gasteiger partial charge in [-0.05, 0) is 31.8 Å². The third-order valence-electron chi connectivity index (χ3n) is 2.05. The van der Waals surface area contributed by atoms with E-state index in [1.165, 1.54) is 0 Å². The van der Waals surface area contributed by atoms with Gasteiger partial charge in [0, 0.05) is 5.02 Å². The van der Waals surface area contributed by atoms with Crippen molar-refractivity contribution in [2.45, 2.75) is 6.04 Å². The Bertz CT molecular complexity index is 258. The van der Waals surface area contributed by atoms with Gasteiger partial charge in [0.25, 0.3) is 0 Å². The van der Waals surface area contributed by atoms with Crippen LogP contribution in [0.5, 0.6) is 0 Å². The second-order valence-corrected chi connectivity index (χ2v) is 3.65. The summed E-state index contributed by atoms with van der Waals surface area (Å²) in [6.07, 6.45) is 0. The molecule has 3 heteroatoms. The summed E-state index contributed by atoms with van der Waals surface area (Å²) < 4.78 is 0. The van der Waals surface area contributed by atoms with E-state index in [4.69, 9.17) is 16.7 Å². The zero-order valence-corrected chi connectivity index (χ0v) is 8.62. The quantitative estimate of drug-likeness (QED) is 0.805. The van der Waals surface area contributed by atoms with E-state index >= 15 is 0 Å². The number of likely N-dealkylation sites (N-methyl/N-ethyl adjacent to an activating group) is 1. The van der Waals surface area contributed by atoms with Crippen molar-refractivity contribution < 1.29 is 5.11 Å². The number of benzene rings is 1. The van der Waals surface area contributed by atoms with E-state index in [2.05, 4.69) is 0 Å². The van der Waals surface area contributed by atoms with E-state index < -0.39 is 0 Å². The number of hydrogen-bond donors (Lipinski definition) is 1. The Hall–Kier alpha value is -0.570. The van der Waals surface area contributed by atoms with E-state index in [0.29, 0.717) is 0 Å². The Kier molecular flexibility index (Phi) is 3.72. The van der Waals surface area contributed by atoms with Crippen molar-refractivity contribution in [3.8, 4) is 0 Å². The first-order valence-electron chi connectivity index (χ1n) is 4.18. The maximum absolute atomic E-state index is 9.14. The fraction of sp³-hybridized carbons (Fsp3) is 0.400. The van der Waals surface area contributed by atoms with Gasteiger partial charge in [0.05, 0.1) is 12.6 Å². The van der Waals surface area contributed by atoms with Crippen LogP contribution < -0.4 is 0 Å². The van der Waals surface area contributed by atoms with Gasteiger partial charge in [0.15, 0.2) is 0 Å². The van der Waals surface area contributed by atoms with E-state index in [1.54, 1.807) is 0 Å². The smallest absolute Gasteiger partial charge is 0.0628 e. The number of aliphatic hydroxyl groups is 1. The molecule has 0 radical (unpaired) electrons. The molecular formula is C10H14ClNO. The van der Waals surface area contributed by atoms with Crippen LogP contribution in [0, 0.1) is 0 Å². The molecule has 1 atom stereocenters. The van der Waals surface area contributed by atoms with Crippen LogP contribution in [0.3, 0.4) is 0 Å². The average molecular weight is 200 g/mol. The first kappa shape index (κ1) is 10.5. The van der Waals surface area contributed by atoms with Gasteiger partial charge in [-0.2, -0.15) is 0 Å². The minimum Gasteiger partial charge on any atom is -0.394 e. The number of rotatable bonds is 3. The van der Waals surface area contributed by atoms with Crippen LogP contribution in [-0.4, -0.2) is 30.7 Å². The summed E-state index contributed by atoms with van der Waals surface area (Å²) in [5, 5.41) is 9.87. The van der Waals surface area contributed by atoms with Gasteiger partial charge >= 0.3 is 0 Å². The molecule has 72 valence electrons. The highest BCUT2D eigenvalue weighted by atomic mass is 35.5. The zero-order valence-electron chi connectivity index (χ0n) is 7.87. The van der Waals surface area contributed by atoms with Gasteiger partial charge in [-0.25, -0.2) is 0 Å². The Labute approximate surface area is 83.7 Å². The van der Waals surface area contributed by atoms with Crippen LogP contribution in [-0.2, 0) is 0 Å². The topological polar surface area (TPSA) is 23.5 Å². The van der Waals surface area contributed by atoms with Crippen LogP contribution >= 0.6 is 11.6 Å². The predicted molar refractivity (Wildman–Crippen MR) is 55.0 cm³/mol. The van der Waals surface area contributed by atoms with Crippen molar-refractivity contribution in [1.82, 2.24) is 4.90 Å². The van der Waals surface area contributed by atoms with Gasteiger partial charge in [-0.3, -0.25) is 0 Å². The summed E-state index contributed by atoms with van der Waals surface area (Å²) in [6.45, 7) is 0.120. The minimum absolute atomic E-state index is 0.0530. The van der Waals surface area contributed by atoms with Gasteiger partial charge in [-0.15, -0.1) is 0 Å². The van der Waals surface area contributed by atoms with E-state index in [0.717, 1.165) is 10.6 Å². The number of hydrogen-bond acceptors (Lipinski definition) is 2. The summed E-state index contributed by atoms with van der Waals surface area (Å²) >= 11 is 5.76. The lowest BCUT2D eigenvalue weighted by Gasteiger charge is -2.22. The fourth-order valence-corrected chi connectivity index (χ4v) is 1.38. The van der Waals surface area contributed by atoms with Crippen LogP contribution in [0.4, 0.5) is 0 Å². The van der Waals surface area contributed by atoms with E-state index in [1.807, 2.05) is 43.3 Å². The molecule has 0 bridgehead atoms. The van der Waals surface area contributed by atoms with E-state index in [9.17, 15) is 0 Å². The minimum atomic E-state index is 0.0530. The maximum atomic E-state index is 9.14. The van der Waals surface area contributed by atoms with E-state index in [-0.39, 0.29) is 12.6 Å². The Morgan fingerprint density at radius 2 is 1.85 bits per heavy atom. The first-order chi connectivity index (χ1) is 6.15. The summed E-state index contributed by atoms with van der Waals surface area (Å²) in [7, 11) is 3.88. The normalized spacial score (nSPS) is 13.3. The van der Waals surface area contributed by atoms with Crippen LogP contribution in [0.15, 0.2) is 24.3 Å². The van der Waals surface area contributed by atoms with Crippen molar-refractivity contribution in [2.24, 2.45) is 0 Å². The van der Waals surface area contributed by atoms with Crippen LogP contribution in [0.1, 0.15) is 11.6 Å². The van der Waals surface area contributed by atoms with Crippen LogP contribution in [0.2, 0.25) is 5.02 Å². The SMILES string of the molecule is CN(C)[C@@H](CO)c1ccc(Cl)cc1. The molecule has 1 N–H and O–H groups in total. The summed E-state index contributed by atoms with van der Waals surface area (Å²) in [5.41, 5.74) is 1.08. The summed E-state index contributed by atoms with van der Waals surface area (Å²) in [5.74, 6) is 0. The summed E-state index contributed by atoms with van der Waals surface area (Å²) in [6, 6.07) is 7.59. The molecule has 0 aliphatic heterocycles. The molecule has 0 fully saturated rings. The molecule has 13 heavy (non-hydrogen) atoms. The second kappa shape index (κ2) is 4.61. The van der Waals surface area contributed by atoms with Crippen molar-refractivity contribution in [1.29, 1.82) is 0 Å². The molecule has 0 aromatic heterocycles. The highest BCUT2D eigenvalue weighted by Gasteiger charge is 2.11. The van der Waals surface area contributed by atoms with Crippen molar-refractivity contribution in [3.63, 3.8) is 0 Å². The molecule has 2 nitrogen and oxygen atoms in total. The van der Waals surface area contributed by atoms with Crippen LogP contribution in [0.25, 0.3) is 0 Å². The molecule has 1 rings (SSSR count). The molecular weight excluding hydrogens is 186 g/mol. The predicted octanol–water partition coefficient (Wildman–Crippen LogP) is 1.93. The van der Waals surface area contributed by atoms with Gasteiger partial charge in [0.1, 0.15) is 0 Å². The number of halogens is 1. The van der Waals surface area contributed by atoms with Gasteiger partial charge in [-0.1, -0.05) is 23.7 Å². The molecule has 0 spiro atoms. The molecule has 1 aromatic carbocycles. The van der Waals surface area contributed by atoms with Crippen molar-refractivity contribution in [2.75, 3.05) is 20.7 Å². The molecule has 0 saturated carbocycles. The Morgan fingerprint density at radius 1 is 1.31 bits per heavy atom. The molecule has 1 aromatic rings. The lowest BCUT2D eigenvalue weighted by molar-refractivity contribution is 0.171.